The number of benzene rings is 1. The summed E-state index contributed by atoms with van der Waals surface area (Å²) in [6.07, 6.45) is 2.41. The van der Waals surface area contributed by atoms with Crippen molar-refractivity contribution in [1.29, 1.82) is 0 Å². The molecule has 0 amide bonds. The van der Waals surface area contributed by atoms with Crippen LogP contribution in [0.15, 0.2) is 23.3 Å². The zero-order valence-corrected chi connectivity index (χ0v) is 14.3. The summed E-state index contributed by atoms with van der Waals surface area (Å²) in [5.41, 5.74) is 4.39. The maximum atomic E-state index is 6.02. The lowest BCUT2D eigenvalue weighted by Crippen LogP contribution is -2.37. The average Bonchev–Trinajstić information content (AvgIpc) is 3.04. The van der Waals surface area contributed by atoms with E-state index in [1.165, 1.54) is 0 Å². The molecule has 1 fully saturated rings. The van der Waals surface area contributed by atoms with Gasteiger partial charge in [0.1, 0.15) is 5.75 Å². The molecular formula is C15H20ClN3O2S. The number of hydrazone groups is 1. The van der Waals surface area contributed by atoms with Crippen LogP contribution in [-0.2, 0) is 4.74 Å². The van der Waals surface area contributed by atoms with Gasteiger partial charge in [-0.05, 0) is 50.2 Å². The minimum atomic E-state index is 0.234. The molecule has 5 nitrogen and oxygen atoms in total. The van der Waals surface area contributed by atoms with Gasteiger partial charge in [-0.2, -0.15) is 5.10 Å². The van der Waals surface area contributed by atoms with E-state index in [9.17, 15) is 0 Å². The monoisotopic (exact) mass is 341 g/mol. The number of halogens is 1. The number of methoxy groups -OCH3 is 1. The summed E-state index contributed by atoms with van der Waals surface area (Å²) in [4.78, 5) is 0. The number of nitrogens with one attached hydrogen (secondary N) is 2. The van der Waals surface area contributed by atoms with Gasteiger partial charge < -0.3 is 14.8 Å². The fourth-order valence-electron chi connectivity index (χ4n) is 2.21. The highest BCUT2D eigenvalue weighted by Crippen LogP contribution is 2.23. The fraction of sp³-hybridized carbons (Fsp3) is 0.467. The maximum Gasteiger partial charge on any atom is 0.187 e. The van der Waals surface area contributed by atoms with Gasteiger partial charge in [0.2, 0.25) is 0 Å². The molecule has 1 aliphatic heterocycles. The topological polar surface area (TPSA) is 54.9 Å². The van der Waals surface area contributed by atoms with Crippen molar-refractivity contribution in [3.8, 4) is 5.75 Å². The molecule has 0 unspecified atom stereocenters. The van der Waals surface area contributed by atoms with Crippen molar-refractivity contribution in [3.63, 3.8) is 0 Å². The van der Waals surface area contributed by atoms with E-state index in [-0.39, 0.29) is 6.10 Å². The van der Waals surface area contributed by atoms with Crippen LogP contribution in [-0.4, -0.2) is 37.2 Å². The van der Waals surface area contributed by atoms with Gasteiger partial charge >= 0.3 is 0 Å². The van der Waals surface area contributed by atoms with Gasteiger partial charge in [-0.25, -0.2) is 0 Å². The molecule has 2 rings (SSSR count). The van der Waals surface area contributed by atoms with Gasteiger partial charge in [0.05, 0.1) is 18.9 Å². The van der Waals surface area contributed by atoms with Crippen molar-refractivity contribution >= 4 is 34.6 Å². The van der Waals surface area contributed by atoms with Gasteiger partial charge in [-0.3, -0.25) is 5.43 Å². The van der Waals surface area contributed by atoms with Crippen LogP contribution in [0.3, 0.4) is 0 Å². The smallest absolute Gasteiger partial charge is 0.187 e. The lowest BCUT2D eigenvalue weighted by Gasteiger charge is -2.13. The summed E-state index contributed by atoms with van der Waals surface area (Å²) in [7, 11) is 1.61. The fourth-order valence-corrected chi connectivity index (χ4v) is 2.51. The van der Waals surface area contributed by atoms with Gasteiger partial charge in [-0.15, -0.1) is 0 Å². The van der Waals surface area contributed by atoms with E-state index in [1.54, 1.807) is 13.2 Å². The molecule has 1 aliphatic rings. The maximum absolute atomic E-state index is 6.02. The lowest BCUT2D eigenvalue weighted by atomic mass is 10.1. The number of hydrogen-bond acceptors (Lipinski definition) is 4. The van der Waals surface area contributed by atoms with E-state index in [1.807, 2.05) is 19.1 Å². The second kappa shape index (κ2) is 8.31. The van der Waals surface area contributed by atoms with Crippen LogP contribution >= 0.6 is 23.8 Å². The number of thiocarbonyl (C=S) groups is 1. The van der Waals surface area contributed by atoms with Crippen LogP contribution < -0.4 is 15.5 Å². The van der Waals surface area contributed by atoms with Crippen molar-refractivity contribution in [2.75, 3.05) is 20.3 Å². The zero-order chi connectivity index (χ0) is 15.9. The Hall–Kier alpha value is -1.37. The number of hydrogen-bond donors (Lipinski definition) is 2. The normalized spacial score (nSPS) is 18.1. The van der Waals surface area contributed by atoms with E-state index in [2.05, 4.69) is 15.8 Å². The Balaban J connectivity index is 1.91. The molecule has 120 valence electrons. The third-order valence-electron chi connectivity index (χ3n) is 3.39. The molecule has 7 heteroatoms. The van der Waals surface area contributed by atoms with Crippen LogP contribution in [0.4, 0.5) is 0 Å². The standard InChI is InChI=1S/C15H20ClN3O2S/c1-10(13-8-11(16)5-6-14(13)20-2)18-19-15(22)17-9-12-4-3-7-21-12/h5-6,8,12H,3-4,7,9H2,1-2H3,(H2,17,19,22)/b18-10-/t12-/m1/s1. The van der Waals surface area contributed by atoms with Crippen molar-refractivity contribution < 1.29 is 9.47 Å². The van der Waals surface area contributed by atoms with Gasteiger partial charge in [0.25, 0.3) is 0 Å². The van der Waals surface area contributed by atoms with Crippen LogP contribution in [0.1, 0.15) is 25.3 Å². The highest BCUT2D eigenvalue weighted by molar-refractivity contribution is 7.80. The predicted octanol–water partition coefficient (Wildman–Crippen LogP) is 2.72. The molecule has 1 saturated heterocycles. The molecule has 1 atom stereocenters. The second-order valence-corrected chi connectivity index (χ2v) is 5.84. The minimum Gasteiger partial charge on any atom is -0.496 e. The van der Waals surface area contributed by atoms with Crippen molar-refractivity contribution in [3.05, 3.63) is 28.8 Å². The zero-order valence-electron chi connectivity index (χ0n) is 12.7. The Morgan fingerprint density at radius 1 is 1.55 bits per heavy atom. The summed E-state index contributed by atoms with van der Waals surface area (Å²) in [5.74, 6) is 0.714. The molecule has 22 heavy (non-hydrogen) atoms. The van der Waals surface area contributed by atoms with Crippen LogP contribution in [0, 0.1) is 0 Å². The van der Waals surface area contributed by atoms with Crippen LogP contribution in [0.2, 0.25) is 5.02 Å². The first-order chi connectivity index (χ1) is 10.6. The summed E-state index contributed by atoms with van der Waals surface area (Å²) in [6, 6.07) is 5.40. The third kappa shape index (κ3) is 4.83. The van der Waals surface area contributed by atoms with Crippen molar-refractivity contribution in [2.24, 2.45) is 5.10 Å². The molecule has 0 saturated carbocycles. The Labute approximate surface area is 141 Å². The Bertz CT molecular complexity index is 560. The molecule has 0 spiro atoms. The van der Waals surface area contributed by atoms with Crippen molar-refractivity contribution in [2.45, 2.75) is 25.9 Å². The molecule has 1 heterocycles. The first-order valence-corrected chi connectivity index (χ1v) is 7.92. The van der Waals surface area contributed by atoms with E-state index in [0.717, 1.165) is 30.7 Å². The molecule has 0 bridgehead atoms. The highest BCUT2D eigenvalue weighted by Gasteiger charge is 2.15. The molecule has 0 aliphatic carbocycles. The lowest BCUT2D eigenvalue weighted by molar-refractivity contribution is 0.114. The third-order valence-corrected chi connectivity index (χ3v) is 3.86. The molecule has 1 aromatic carbocycles. The van der Waals surface area contributed by atoms with Gasteiger partial charge in [0, 0.05) is 23.7 Å². The largest absolute Gasteiger partial charge is 0.496 e. The average molecular weight is 342 g/mol. The minimum absolute atomic E-state index is 0.234. The Morgan fingerprint density at radius 2 is 2.36 bits per heavy atom. The molecular weight excluding hydrogens is 322 g/mol. The Kier molecular flexibility index (Phi) is 6.42. The van der Waals surface area contributed by atoms with E-state index < -0.39 is 0 Å². The van der Waals surface area contributed by atoms with Gasteiger partial charge in [-0.1, -0.05) is 11.6 Å². The highest BCUT2D eigenvalue weighted by atomic mass is 35.5. The van der Waals surface area contributed by atoms with E-state index >= 15 is 0 Å². The van der Waals surface area contributed by atoms with E-state index in [0.29, 0.717) is 22.4 Å². The summed E-state index contributed by atoms with van der Waals surface area (Å²) >= 11 is 11.2. The van der Waals surface area contributed by atoms with Crippen LogP contribution in [0.5, 0.6) is 5.75 Å². The molecule has 0 radical (unpaired) electrons. The molecule has 1 aromatic rings. The number of rotatable bonds is 5. The predicted molar refractivity (Wildman–Crippen MR) is 92.9 cm³/mol. The summed E-state index contributed by atoms with van der Waals surface area (Å²) in [6.45, 7) is 3.39. The number of ether oxygens (including phenoxy) is 2. The van der Waals surface area contributed by atoms with Crippen molar-refractivity contribution in [1.82, 2.24) is 10.7 Å². The Morgan fingerprint density at radius 3 is 3.05 bits per heavy atom. The molecule has 2 N–H and O–H groups in total. The second-order valence-electron chi connectivity index (χ2n) is 5.00. The quantitative estimate of drug-likeness (QED) is 0.490. The summed E-state index contributed by atoms with van der Waals surface area (Å²) < 4.78 is 10.8. The summed E-state index contributed by atoms with van der Waals surface area (Å²) in [5, 5.41) is 8.47. The first-order valence-electron chi connectivity index (χ1n) is 7.14. The van der Waals surface area contributed by atoms with E-state index in [4.69, 9.17) is 33.3 Å². The molecule has 0 aromatic heterocycles. The number of nitrogens with zero attached hydrogens (tertiary/aromatic N) is 1. The van der Waals surface area contributed by atoms with Gasteiger partial charge in [0.15, 0.2) is 5.11 Å². The SMILES string of the molecule is COc1ccc(Cl)cc1/C(C)=N\NC(=S)NC[C@H]1CCCO1. The first kappa shape index (κ1) is 17.0. The van der Waals surface area contributed by atoms with Crippen LogP contribution in [0.25, 0.3) is 0 Å².